The van der Waals surface area contributed by atoms with Crippen molar-refractivity contribution in [2.75, 3.05) is 0 Å². The van der Waals surface area contributed by atoms with Crippen LogP contribution in [0.1, 0.15) is 5.56 Å². The maximum Gasteiger partial charge on any atom is 0.332 e. The Labute approximate surface area is 134 Å². The maximum atomic E-state index is 12.1. The van der Waals surface area contributed by atoms with Crippen LogP contribution < -0.4 is 22.1 Å². The van der Waals surface area contributed by atoms with Crippen molar-refractivity contribution in [3.8, 4) is 0 Å². The molecule has 24 heavy (non-hydrogen) atoms. The molecular weight excluding hydrogens is 340 g/mol. The van der Waals surface area contributed by atoms with Gasteiger partial charge in [-0.25, -0.2) is 14.8 Å². The van der Waals surface area contributed by atoms with Gasteiger partial charge in [-0.2, -0.15) is 8.42 Å². The molecule has 2 heterocycles. The van der Waals surface area contributed by atoms with Gasteiger partial charge in [0.2, 0.25) is 0 Å². The average molecular weight is 352 g/mol. The number of aliphatic hydroxyl groups is 1. The predicted octanol–water partition coefficient (Wildman–Crippen LogP) is -2.61. The lowest BCUT2D eigenvalue weighted by Crippen LogP contribution is -2.55. The van der Waals surface area contributed by atoms with E-state index >= 15 is 0 Å². The monoisotopic (exact) mass is 352 g/mol. The number of nitrogens with zero attached hydrogens (tertiary/aromatic N) is 4. The van der Waals surface area contributed by atoms with E-state index < -0.39 is 27.2 Å². The van der Waals surface area contributed by atoms with Crippen molar-refractivity contribution < 1.29 is 18.1 Å². The van der Waals surface area contributed by atoms with Crippen LogP contribution in [0.3, 0.4) is 0 Å². The van der Waals surface area contributed by atoms with Gasteiger partial charge in [0.05, 0.1) is 4.90 Å². The molecular formula is C13H12N4O6S. The SMILES string of the molecule is Cn1c(=O)c2c(n(C)c1=O)=NC(O)(c1ccc(S(=O)(=O)O)cc1)N=2. The highest BCUT2D eigenvalue weighted by Gasteiger charge is 2.33. The summed E-state index contributed by atoms with van der Waals surface area (Å²) in [5.74, 6) is -2.17. The van der Waals surface area contributed by atoms with E-state index in [1.165, 1.54) is 26.2 Å². The van der Waals surface area contributed by atoms with E-state index in [9.17, 15) is 23.1 Å². The maximum absolute atomic E-state index is 12.1. The molecule has 0 spiro atoms. The van der Waals surface area contributed by atoms with Crippen molar-refractivity contribution in [3.05, 3.63) is 61.5 Å². The zero-order valence-electron chi connectivity index (χ0n) is 12.5. The van der Waals surface area contributed by atoms with Gasteiger partial charge in [0.1, 0.15) is 0 Å². The normalized spacial score (nSPS) is 19.5. The smallest absolute Gasteiger partial charge is 0.332 e. The number of aromatic nitrogens is 2. The van der Waals surface area contributed by atoms with Crippen LogP contribution in [0.2, 0.25) is 0 Å². The van der Waals surface area contributed by atoms with Crippen LogP contribution in [0.25, 0.3) is 0 Å². The second kappa shape index (κ2) is 4.93. The highest BCUT2D eigenvalue weighted by atomic mass is 32.2. The Hall–Kier alpha value is -2.63. The number of benzene rings is 1. The highest BCUT2D eigenvalue weighted by molar-refractivity contribution is 7.85. The molecule has 1 aromatic carbocycles. The third-order valence-corrected chi connectivity index (χ3v) is 4.55. The van der Waals surface area contributed by atoms with E-state index in [0.717, 1.165) is 21.3 Å². The molecule has 2 aromatic rings. The van der Waals surface area contributed by atoms with Gasteiger partial charge in [-0.15, -0.1) is 0 Å². The van der Waals surface area contributed by atoms with Gasteiger partial charge < -0.3 is 5.11 Å². The molecule has 1 aliphatic rings. The van der Waals surface area contributed by atoms with Gasteiger partial charge in [-0.3, -0.25) is 18.5 Å². The van der Waals surface area contributed by atoms with Crippen molar-refractivity contribution >= 4 is 10.1 Å². The van der Waals surface area contributed by atoms with E-state index in [1.807, 2.05) is 0 Å². The molecule has 0 aliphatic carbocycles. The average Bonchev–Trinajstić information content (AvgIpc) is 2.90. The van der Waals surface area contributed by atoms with Gasteiger partial charge in [-0.05, 0) is 12.1 Å². The minimum Gasteiger partial charge on any atom is -0.347 e. The molecule has 0 fully saturated rings. The topological polar surface area (TPSA) is 143 Å². The Morgan fingerprint density at radius 3 is 2.17 bits per heavy atom. The summed E-state index contributed by atoms with van der Waals surface area (Å²) in [5, 5.41) is 10.4. The first-order valence-electron chi connectivity index (χ1n) is 6.61. The molecule has 2 N–H and O–H groups in total. The molecule has 11 heteroatoms. The Morgan fingerprint density at radius 1 is 1.04 bits per heavy atom. The summed E-state index contributed by atoms with van der Waals surface area (Å²) < 4.78 is 33.0. The molecule has 0 saturated heterocycles. The third-order valence-electron chi connectivity index (χ3n) is 3.68. The summed E-state index contributed by atoms with van der Waals surface area (Å²) in [6.07, 6.45) is 0. The summed E-state index contributed by atoms with van der Waals surface area (Å²) in [6.45, 7) is 0. The Balaban J connectivity index is 2.25. The molecule has 1 unspecified atom stereocenters. The first-order chi connectivity index (χ1) is 11.0. The summed E-state index contributed by atoms with van der Waals surface area (Å²) in [7, 11) is -1.72. The minimum absolute atomic E-state index is 0.0700. The summed E-state index contributed by atoms with van der Waals surface area (Å²) in [4.78, 5) is 31.5. The van der Waals surface area contributed by atoms with E-state index in [1.54, 1.807) is 0 Å². The predicted molar refractivity (Wildman–Crippen MR) is 79.4 cm³/mol. The second-order valence-electron chi connectivity index (χ2n) is 5.24. The van der Waals surface area contributed by atoms with E-state index in [4.69, 9.17) is 4.55 Å². The van der Waals surface area contributed by atoms with Gasteiger partial charge in [0.25, 0.3) is 21.5 Å². The lowest BCUT2D eigenvalue weighted by Gasteiger charge is -2.15. The largest absolute Gasteiger partial charge is 0.347 e. The standard InChI is InChI=1S/C13H12N4O6S/c1-16-10-9(11(18)17(2)12(16)19)14-13(20,15-10)7-3-5-8(6-4-7)24(21,22)23/h3-6,20H,1-2H3,(H,21,22,23). The lowest BCUT2D eigenvalue weighted by atomic mass is 10.1. The van der Waals surface area contributed by atoms with Crippen LogP contribution in [0, 0.1) is 0 Å². The zero-order valence-corrected chi connectivity index (χ0v) is 13.4. The molecule has 0 amide bonds. The van der Waals surface area contributed by atoms with Crippen molar-refractivity contribution in [3.63, 3.8) is 0 Å². The summed E-state index contributed by atoms with van der Waals surface area (Å²) >= 11 is 0. The van der Waals surface area contributed by atoms with Crippen LogP contribution in [0.15, 0.2) is 48.7 Å². The van der Waals surface area contributed by atoms with Gasteiger partial charge >= 0.3 is 5.69 Å². The molecule has 126 valence electrons. The third kappa shape index (κ3) is 2.29. The second-order valence-corrected chi connectivity index (χ2v) is 6.66. The van der Waals surface area contributed by atoms with E-state index in [-0.39, 0.29) is 21.3 Å². The highest BCUT2D eigenvalue weighted by Crippen LogP contribution is 2.25. The molecule has 0 bridgehead atoms. The molecule has 0 saturated carbocycles. The Morgan fingerprint density at radius 2 is 1.62 bits per heavy atom. The van der Waals surface area contributed by atoms with Crippen LogP contribution in [0.5, 0.6) is 0 Å². The molecule has 10 nitrogen and oxygen atoms in total. The first kappa shape index (κ1) is 16.2. The fourth-order valence-electron chi connectivity index (χ4n) is 2.35. The fraction of sp³-hybridized carbons (Fsp3) is 0.231. The van der Waals surface area contributed by atoms with Crippen LogP contribution in [0.4, 0.5) is 0 Å². The molecule has 3 rings (SSSR count). The van der Waals surface area contributed by atoms with Gasteiger partial charge in [0.15, 0.2) is 10.8 Å². The van der Waals surface area contributed by atoms with Crippen LogP contribution >= 0.6 is 0 Å². The number of rotatable bonds is 2. The number of hydrogen-bond donors (Lipinski definition) is 2. The van der Waals surface area contributed by atoms with Crippen molar-refractivity contribution in [1.29, 1.82) is 0 Å². The minimum atomic E-state index is -4.38. The van der Waals surface area contributed by atoms with Crippen LogP contribution in [-0.4, -0.2) is 27.2 Å². The van der Waals surface area contributed by atoms with Crippen molar-refractivity contribution in [2.24, 2.45) is 24.1 Å². The summed E-state index contributed by atoms with van der Waals surface area (Å²) in [5.41, 5.74) is -1.34. The van der Waals surface area contributed by atoms with Crippen LogP contribution in [-0.2, 0) is 30.1 Å². The Kier molecular flexibility index (Phi) is 3.34. The zero-order chi connectivity index (χ0) is 17.9. The Bertz CT molecular complexity index is 1190. The van der Waals surface area contributed by atoms with E-state index in [0.29, 0.717) is 0 Å². The lowest BCUT2D eigenvalue weighted by molar-refractivity contribution is 0.0539. The molecule has 0 radical (unpaired) electrons. The molecule has 1 aliphatic heterocycles. The van der Waals surface area contributed by atoms with Crippen molar-refractivity contribution in [1.82, 2.24) is 9.13 Å². The molecule has 1 aromatic heterocycles. The first-order valence-corrected chi connectivity index (χ1v) is 8.05. The van der Waals surface area contributed by atoms with Crippen molar-refractivity contribution in [2.45, 2.75) is 10.7 Å². The fourth-order valence-corrected chi connectivity index (χ4v) is 2.83. The quantitative estimate of drug-likeness (QED) is 0.567. The molecule has 1 atom stereocenters. The summed E-state index contributed by atoms with van der Waals surface area (Å²) in [6, 6.07) is 4.52. The number of fused-ring (bicyclic) bond motifs is 1. The van der Waals surface area contributed by atoms with Gasteiger partial charge in [-0.1, -0.05) is 12.1 Å². The number of hydrogen-bond acceptors (Lipinski definition) is 7. The van der Waals surface area contributed by atoms with Gasteiger partial charge in [0, 0.05) is 19.7 Å². The van der Waals surface area contributed by atoms with E-state index in [2.05, 4.69) is 9.98 Å².